The second-order valence-electron chi connectivity index (χ2n) is 11.8. The van der Waals surface area contributed by atoms with Crippen LogP contribution in [0.25, 0.3) is 66.1 Å². The Hall–Kier alpha value is -5.15. The Morgan fingerprint density at radius 1 is 0.300 bits per heavy atom. The first-order valence-corrected chi connectivity index (χ1v) is 19.9. The quantitative estimate of drug-likeness (QED) is 0.167. The SMILES string of the molecule is [Ir+3].c1ccc(-c2cc3ccccc3[c]([Ir]([c]3nc(-c4ccccc4)cc4ccccc34)[c]3nc(-c4ccccc4)cc4ccccc34)n2)cc1. The topological polar surface area (TPSA) is 38.7 Å². The minimum absolute atomic E-state index is 0. The molecule has 0 radical (unpaired) electrons. The van der Waals surface area contributed by atoms with Crippen LogP contribution in [0, 0.1) is 0 Å². The van der Waals surface area contributed by atoms with Crippen LogP contribution in [0.2, 0.25) is 0 Å². The van der Waals surface area contributed by atoms with E-state index >= 15 is 0 Å². The Morgan fingerprint density at radius 3 is 0.860 bits per heavy atom. The first-order chi connectivity index (χ1) is 24.3. The molecule has 0 saturated heterocycles. The molecule has 3 aromatic heterocycles. The summed E-state index contributed by atoms with van der Waals surface area (Å²) < 4.78 is 3.30. The van der Waals surface area contributed by atoms with E-state index in [1.165, 1.54) is 16.2 Å². The van der Waals surface area contributed by atoms with E-state index in [-0.39, 0.29) is 20.1 Å². The van der Waals surface area contributed by atoms with Gasteiger partial charge in [0.05, 0.1) is 0 Å². The fourth-order valence-corrected chi connectivity index (χ4v) is 13.1. The Kier molecular flexibility index (Phi) is 8.98. The van der Waals surface area contributed by atoms with Gasteiger partial charge in [0, 0.05) is 0 Å². The molecule has 0 unspecified atom stereocenters. The van der Waals surface area contributed by atoms with Crippen molar-refractivity contribution < 1.29 is 36.6 Å². The normalized spacial score (nSPS) is 11.4. The predicted molar refractivity (Wildman–Crippen MR) is 200 cm³/mol. The van der Waals surface area contributed by atoms with Crippen molar-refractivity contribution in [3.63, 3.8) is 0 Å². The van der Waals surface area contributed by atoms with Crippen LogP contribution in [0.4, 0.5) is 0 Å². The number of rotatable bonds is 6. The molecule has 0 amide bonds. The van der Waals surface area contributed by atoms with Gasteiger partial charge in [-0.05, 0) is 0 Å². The number of hydrogen-bond donors (Lipinski definition) is 0. The Balaban J connectivity index is 0.00000361. The molecule has 0 aliphatic heterocycles. The van der Waals surface area contributed by atoms with Gasteiger partial charge in [-0.3, -0.25) is 0 Å². The summed E-state index contributed by atoms with van der Waals surface area (Å²) in [6.07, 6.45) is 0. The Morgan fingerprint density at radius 2 is 0.560 bits per heavy atom. The van der Waals surface area contributed by atoms with Crippen LogP contribution in [0.15, 0.2) is 182 Å². The van der Waals surface area contributed by atoms with Gasteiger partial charge in [0.25, 0.3) is 0 Å². The van der Waals surface area contributed by atoms with E-state index < -0.39 is 16.5 Å². The first kappa shape index (κ1) is 32.1. The number of fused-ring (bicyclic) bond motifs is 3. The molecule has 0 saturated carbocycles. The van der Waals surface area contributed by atoms with Crippen LogP contribution >= 0.6 is 0 Å². The van der Waals surface area contributed by atoms with E-state index in [0.29, 0.717) is 0 Å². The molecule has 5 heteroatoms. The Bertz CT molecular complexity index is 2320. The molecule has 0 fully saturated rings. The maximum absolute atomic E-state index is 5.64. The van der Waals surface area contributed by atoms with Crippen LogP contribution in [0.5, 0.6) is 0 Å². The molecular weight excluding hydrogens is 967 g/mol. The van der Waals surface area contributed by atoms with Gasteiger partial charge in [0.15, 0.2) is 0 Å². The van der Waals surface area contributed by atoms with Gasteiger partial charge in [-0.15, -0.1) is 0 Å². The predicted octanol–water partition coefficient (Wildman–Crippen LogP) is 9.22. The molecule has 0 aliphatic rings. The molecular formula is C45H30Ir2N3+3. The van der Waals surface area contributed by atoms with Gasteiger partial charge in [-0.25, -0.2) is 0 Å². The zero-order valence-electron chi connectivity index (χ0n) is 26.8. The number of pyridine rings is 3. The summed E-state index contributed by atoms with van der Waals surface area (Å²) in [6.45, 7) is 0. The number of nitrogens with zero attached hydrogens (tertiary/aromatic N) is 3. The molecule has 50 heavy (non-hydrogen) atoms. The standard InChI is InChI=1S/3C15H10N.2Ir/c3*1-2-6-12(7-3-1)15-10-13-8-4-5-9-14(13)11-16-15;;/h3*1-10H;;/q;;;;+3. The van der Waals surface area contributed by atoms with E-state index in [2.05, 4.69) is 182 Å². The van der Waals surface area contributed by atoms with Crippen LogP contribution in [-0.2, 0) is 36.6 Å². The van der Waals surface area contributed by atoms with Gasteiger partial charge < -0.3 is 0 Å². The fourth-order valence-electron chi connectivity index (χ4n) is 6.30. The molecule has 0 atom stereocenters. The van der Waals surface area contributed by atoms with Crippen molar-refractivity contribution in [2.24, 2.45) is 0 Å². The fraction of sp³-hybridized carbons (Fsp3) is 0. The summed E-state index contributed by atoms with van der Waals surface area (Å²) in [4.78, 5) is 16.9. The number of benzene rings is 6. The summed E-state index contributed by atoms with van der Waals surface area (Å²) in [5, 5.41) is 6.98. The zero-order valence-corrected chi connectivity index (χ0v) is 31.6. The summed E-state index contributed by atoms with van der Waals surface area (Å²) >= 11 is -2.98. The minimum atomic E-state index is -2.98. The van der Waals surface area contributed by atoms with E-state index in [1.54, 1.807) is 0 Å². The molecule has 9 aromatic rings. The summed E-state index contributed by atoms with van der Waals surface area (Å²) in [7, 11) is 0. The molecule has 3 nitrogen and oxygen atoms in total. The van der Waals surface area contributed by atoms with Gasteiger partial charge in [0.1, 0.15) is 0 Å². The number of aromatic nitrogens is 3. The second-order valence-corrected chi connectivity index (χ2v) is 17.0. The maximum atomic E-state index is 5.64. The summed E-state index contributed by atoms with van der Waals surface area (Å²) in [5.74, 6) is 0. The van der Waals surface area contributed by atoms with Crippen molar-refractivity contribution >= 4 is 44.9 Å². The molecule has 3 heterocycles. The van der Waals surface area contributed by atoms with Gasteiger partial charge in [-0.1, -0.05) is 0 Å². The Labute approximate surface area is 310 Å². The molecule has 240 valence electrons. The third kappa shape index (κ3) is 6.00. The van der Waals surface area contributed by atoms with E-state index in [1.807, 2.05) is 0 Å². The van der Waals surface area contributed by atoms with E-state index in [4.69, 9.17) is 15.0 Å². The van der Waals surface area contributed by atoms with Crippen molar-refractivity contribution in [1.29, 1.82) is 0 Å². The van der Waals surface area contributed by atoms with Gasteiger partial charge in [-0.2, -0.15) is 0 Å². The second kappa shape index (κ2) is 14.0. The van der Waals surface area contributed by atoms with Crippen molar-refractivity contribution in [3.05, 3.63) is 182 Å². The average Bonchev–Trinajstić information content (AvgIpc) is 3.18. The molecule has 0 aliphatic carbocycles. The van der Waals surface area contributed by atoms with E-state index in [0.717, 1.165) is 62.6 Å². The molecule has 0 bridgehead atoms. The average molecular weight is 997 g/mol. The van der Waals surface area contributed by atoms with Crippen molar-refractivity contribution in [1.82, 2.24) is 15.0 Å². The van der Waals surface area contributed by atoms with Crippen LogP contribution in [-0.4, -0.2) is 15.0 Å². The van der Waals surface area contributed by atoms with Crippen LogP contribution < -0.4 is 12.6 Å². The third-order valence-corrected chi connectivity index (χ3v) is 14.9. The number of hydrogen-bond acceptors (Lipinski definition) is 3. The molecule has 0 spiro atoms. The first-order valence-electron chi connectivity index (χ1n) is 16.3. The van der Waals surface area contributed by atoms with E-state index in [9.17, 15) is 0 Å². The summed E-state index contributed by atoms with van der Waals surface area (Å²) in [5.41, 5.74) is 6.18. The van der Waals surface area contributed by atoms with Crippen molar-refractivity contribution in [3.8, 4) is 33.8 Å². The zero-order chi connectivity index (χ0) is 32.6. The summed E-state index contributed by atoms with van der Waals surface area (Å²) in [6, 6.07) is 64.3. The van der Waals surface area contributed by atoms with Crippen molar-refractivity contribution in [2.75, 3.05) is 0 Å². The van der Waals surface area contributed by atoms with Gasteiger partial charge >= 0.3 is 312 Å². The third-order valence-electron chi connectivity index (χ3n) is 8.71. The molecule has 6 aromatic carbocycles. The molecule has 0 N–H and O–H groups in total. The monoisotopic (exact) mass is 998 g/mol. The van der Waals surface area contributed by atoms with Crippen LogP contribution in [0.1, 0.15) is 0 Å². The molecule has 9 rings (SSSR count). The van der Waals surface area contributed by atoms with Crippen molar-refractivity contribution in [2.45, 2.75) is 0 Å². The van der Waals surface area contributed by atoms with Gasteiger partial charge in [0.2, 0.25) is 0 Å². The van der Waals surface area contributed by atoms with Crippen LogP contribution in [0.3, 0.4) is 0 Å².